The molecule has 0 aliphatic rings. The largest absolute Gasteiger partial charge is 0.496 e. The van der Waals surface area contributed by atoms with Crippen molar-refractivity contribution in [2.75, 3.05) is 7.11 Å². The van der Waals surface area contributed by atoms with Crippen molar-refractivity contribution >= 4 is 29.6 Å². The SMILES string of the molecule is COc1ccc(C=NN=C(N)N)cc1Cn1cc(Cl)c([N+](=O)[O-])n1. The topological polar surface area (TPSA) is 147 Å². The second-order valence-corrected chi connectivity index (χ2v) is 5.00. The fraction of sp³-hybridized carbons (Fsp3) is 0.154. The predicted octanol–water partition coefficient (Wildman–Crippen LogP) is 1.11. The molecule has 0 unspecified atom stereocenters. The van der Waals surface area contributed by atoms with Crippen molar-refractivity contribution in [3.63, 3.8) is 0 Å². The standard InChI is InChI=1S/C13H14ClN7O3/c1-24-11-3-2-8(5-17-18-13(15)16)4-9(11)6-20-7-10(14)12(19-20)21(22)23/h2-5,7H,6H2,1H3,(H4,15,16,18). The lowest BCUT2D eigenvalue weighted by Gasteiger charge is -2.08. The summed E-state index contributed by atoms with van der Waals surface area (Å²) in [5, 5.41) is 21.8. The molecule has 0 fully saturated rings. The van der Waals surface area contributed by atoms with E-state index in [0.29, 0.717) is 11.3 Å². The van der Waals surface area contributed by atoms with Gasteiger partial charge in [-0.25, -0.2) is 0 Å². The van der Waals surface area contributed by atoms with Crippen molar-refractivity contribution in [3.05, 3.63) is 50.7 Å². The number of nitrogens with zero attached hydrogens (tertiary/aromatic N) is 5. The minimum absolute atomic E-state index is 0.0376. The van der Waals surface area contributed by atoms with Crippen molar-refractivity contribution in [2.45, 2.75) is 6.54 Å². The van der Waals surface area contributed by atoms with E-state index in [1.165, 1.54) is 24.2 Å². The van der Waals surface area contributed by atoms with E-state index in [-0.39, 0.29) is 17.5 Å². The van der Waals surface area contributed by atoms with E-state index < -0.39 is 10.7 Å². The Labute approximate surface area is 141 Å². The molecule has 24 heavy (non-hydrogen) atoms. The summed E-state index contributed by atoms with van der Waals surface area (Å²) in [6.07, 6.45) is 2.83. The van der Waals surface area contributed by atoms with Gasteiger partial charge in [0.15, 0.2) is 5.02 Å². The molecule has 126 valence electrons. The normalized spacial score (nSPS) is 10.8. The molecule has 11 heteroatoms. The van der Waals surface area contributed by atoms with Crippen LogP contribution in [-0.2, 0) is 6.54 Å². The number of nitro groups is 1. The molecule has 0 aliphatic carbocycles. The van der Waals surface area contributed by atoms with E-state index in [1.807, 2.05) is 0 Å². The third kappa shape index (κ3) is 4.20. The maximum absolute atomic E-state index is 10.8. The van der Waals surface area contributed by atoms with Crippen LogP contribution < -0.4 is 16.2 Å². The molecule has 2 aromatic rings. The molecule has 1 heterocycles. The van der Waals surface area contributed by atoms with Gasteiger partial charge in [0.1, 0.15) is 5.75 Å². The predicted molar refractivity (Wildman–Crippen MR) is 89.4 cm³/mol. The van der Waals surface area contributed by atoms with Crippen LogP contribution in [0.25, 0.3) is 0 Å². The second-order valence-electron chi connectivity index (χ2n) is 4.60. The first kappa shape index (κ1) is 17.2. The summed E-state index contributed by atoms with van der Waals surface area (Å²) in [7, 11) is 1.52. The Balaban J connectivity index is 2.31. The van der Waals surface area contributed by atoms with Crippen LogP contribution >= 0.6 is 11.6 Å². The van der Waals surface area contributed by atoms with E-state index in [1.54, 1.807) is 18.2 Å². The molecule has 0 radical (unpaired) electrons. The number of hydrogen-bond acceptors (Lipinski definition) is 6. The highest BCUT2D eigenvalue weighted by Crippen LogP contribution is 2.24. The molecule has 2 rings (SSSR count). The number of ether oxygens (including phenoxy) is 1. The average molecular weight is 352 g/mol. The van der Waals surface area contributed by atoms with Gasteiger partial charge in [0.05, 0.1) is 31.2 Å². The summed E-state index contributed by atoms with van der Waals surface area (Å²) in [5.74, 6) is 0.0304. The molecular formula is C13H14ClN7O3. The molecular weight excluding hydrogens is 338 g/mol. The van der Waals surface area contributed by atoms with Crippen molar-refractivity contribution in [3.8, 4) is 5.75 Å². The number of halogens is 1. The Morgan fingerprint density at radius 2 is 2.29 bits per heavy atom. The Morgan fingerprint density at radius 3 is 2.88 bits per heavy atom. The van der Waals surface area contributed by atoms with Gasteiger partial charge in [0.25, 0.3) is 0 Å². The van der Waals surface area contributed by atoms with Crippen LogP contribution in [0.4, 0.5) is 5.82 Å². The Bertz CT molecular complexity index is 812. The van der Waals surface area contributed by atoms with Crippen LogP contribution in [0.5, 0.6) is 5.75 Å². The van der Waals surface area contributed by atoms with Crippen LogP contribution in [0.3, 0.4) is 0 Å². The molecule has 0 aliphatic heterocycles. The molecule has 0 saturated heterocycles. The number of methoxy groups -OCH3 is 1. The zero-order valence-corrected chi connectivity index (χ0v) is 13.3. The second kappa shape index (κ2) is 7.42. The van der Waals surface area contributed by atoms with E-state index in [0.717, 1.165) is 5.56 Å². The van der Waals surface area contributed by atoms with Crippen LogP contribution in [0, 0.1) is 10.1 Å². The molecule has 0 saturated carbocycles. The number of benzene rings is 1. The summed E-state index contributed by atoms with van der Waals surface area (Å²) < 4.78 is 6.64. The highest BCUT2D eigenvalue weighted by Gasteiger charge is 2.19. The van der Waals surface area contributed by atoms with E-state index >= 15 is 0 Å². The quantitative estimate of drug-likeness (QED) is 0.345. The van der Waals surface area contributed by atoms with Gasteiger partial charge in [-0.1, -0.05) is 11.6 Å². The Morgan fingerprint density at radius 1 is 1.54 bits per heavy atom. The van der Waals surface area contributed by atoms with Crippen LogP contribution in [0.1, 0.15) is 11.1 Å². The zero-order valence-electron chi connectivity index (χ0n) is 12.6. The lowest BCUT2D eigenvalue weighted by molar-refractivity contribution is -0.389. The fourth-order valence-corrected chi connectivity index (χ4v) is 2.15. The summed E-state index contributed by atoms with van der Waals surface area (Å²) in [6, 6.07) is 5.25. The van der Waals surface area contributed by atoms with E-state index in [4.69, 9.17) is 27.8 Å². The van der Waals surface area contributed by atoms with Gasteiger partial charge in [-0.15, -0.1) is 5.10 Å². The van der Waals surface area contributed by atoms with E-state index in [2.05, 4.69) is 15.3 Å². The van der Waals surface area contributed by atoms with Crippen LogP contribution in [-0.4, -0.2) is 34.0 Å². The van der Waals surface area contributed by atoms with Gasteiger partial charge >= 0.3 is 5.82 Å². The summed E-state index contributed by atoms with van der Waals surface area (Å²) in [5.41, 5.74) is 11.8. The first-order valence-corrected chi connectivity index (χ1v) is 6.94. The van der Waals surface area contributed by atoms with Gasteiger partial charge < -0.3 is 26.3 Å². The summed E-state index contributed by atoms with van der Waals surface area (Å²) in [4.78, 5) is 10.2. The van der Waals surface area contributed by atoms with E-state index in [9.17, 15) is 10.1 Å². The first-order chi connectivity index (χ1) is 11.4. The van der Waals surface area contributed by atoms with Gasteiger partial charge in [0.2, 0.25) is 5.96 Å². The van der Waals surface area contributed by atoms with Gasteiger partial charge in [-0.3, -0.25) is 0 Å². The van der Waals surface area contributed by atoms with Crippen molar-refractivity contribution in [1.29, 1.82) is 0 Å². The maximum Gasteiger partial charge on any atom is 0.408 e. The lowest BCUT2D eigenvalue weighted by atomic mass is 10.1. The number of aromatic nitrogens is 2. The summed E-state index contributed by atoms with van der Waals surface area (Å²) in [6.45, 7) is 0.223. The molecule has 0 spiro atoms. The van der Waals surface area contributed by atoms with Crippen LogP contribution in [0.2, 0.25) is 5.02 Å². The maximum atomic E-state index is 10.8. The number of hydrogen-bond donors (Lipinski definition) is 2. The average Bonchev–Trinajstić information content (AvgIpc) is 2.88. The molecule has 0 bridgehead atoms. The summed E-state index contributed by atoms with van der Waals surface area (Å²) >= 11 is 5.79. The number of nitrogens with two attached hydrogens (primary N) is 2. The smallest absolute Gasteiger partial charge is 0.408 e. The van der Waals surface area contributed by atoms with Crippen molar-refractivity contribution in [1.82, 2.24) is 9.78 Å². The number of rotatable bonds is 6. The zero-order chi connectivity index (χ0) is 17.7. The third-order valence-corrected chi connectivity index (χ3v) is 3.16. The minimum atomic E-state index is -0.644. The number of guanidine groups is 1. The molecule has 0 atom stereocenters. The highest BCUT2D eigenvalue weighted by molar-refractivity contribution is 6.32. The Kier molecular flexibility index (Phi) is 5.32. The molecule has 1 aromatic heterocycles. The first-order valence-electron chi connectivity index (χ1n) is 6.57. The fourth-order valence-electron chi connectivity index (χ4n) is 1.93. The van der Waals surface area contributed by atoms with Gasteiger partial charge in [0, 0.05) is 5.56 Å². The molecule has 4 N–H and O–H groups in total. The Hall–Kier alpha value is -3.14. The monoisotopic (exact) mass is 351 g/mol. The third-order valence-electron chi connectivity index (χ3n) is 2.89. The van der Waals surface area contributed by atoms with Crippen molar-refractivity contribution < 1.29 is 9.66 Å². The van der Waals surface area contributed by atoms with Crippen molar-refractivity contribution in [2.24, 2.45) is 21.7 Å². The van der Waals surface area contributed by atoms with Gasteiger partial charge in [-0.05, 0) is 28.7 Å². The van der Waals surface area contributed by atoms with Gasteiger partial charge in [-0.2, -0.15) is 9.78 Å². The molecule has 1 aromatic carbocycles. The van der Waals surface area contributed by atoms with Crippen LogP contribution in [0.15, 0.2) is 34.6 Å². The minimum Gasteiger partial charge on any atom is -0.496 e. The molecule has 0 amide bonds. The molecule has 10 nitrogen and oxygen atoms in total. The highest BCUT2D eigenvalue weighted by atomic mass is 35.5. The lowest BCUT2D eigenvalue weighted by Crippen LogP contribution is -2.21.